The molecule has 3 aromatic rings. The maximum absolute atomic E-state index is 12.9. The Balaban J connectivity index is 1.26. The molecule has 146 valence electrons. The Labute approximate surface area is 171 Å². The van der Waals surface area contributed by atoms with Gasteiger partial charge in [0.15, 0.2) is 0 Å². The molecule has 0 bridgehead atoms. The third kappa shape index (κ3) is 3.56. The quantitative estimate of drug-likeness (QED) is 0.713. The minimum Gasteiger partial charge on any atom is -0.372 e. The lowest BCUT2D eigenvalue weighted by Crippen LogP contribution is -2.28. The van der Waals surface area contributed by atoms with E-state index in [1.807, 2.05) is 35.2 Å². The lowest BCUT2D eigenvalue weighted by Gasteiger charge is -2.18. The van der Waals surface area contributed by atoms with Crippen molar-refractivity contribution in [3.8, 4) is 0 Å². The number of amides is 1. The van der Waals surface area contributed by atoms with Gasteiger partial charge in [0.05, 0.1) is 5.56 Å². The van der Waals surface area contributed by atoms with Crippen LogP contribution in [0.2, 0.25) is 0 Å². The Bertz CT molecular complexity index is 1010. The molecule has 0 radical (unpaired) electrons. The molecule has 2 aliphatic rings. The van der Waals surface area contributed by atoms with Crippen LogP contribution >= 0.6 is 0 Å². The fourth-order valence-electron chi connectivity index (χ4n) is 4.18. The van der Waals surface area contributed by atoms with Crippen molar-refractivity contribution >= 4 is 28.8 Å². The normalized spacial score (nSPS) is 15.4. The zero-order chi connectivity index (χ0) is 19.6. The summed E-state index contributed by atoms with van der Waals surface area (Å²) in [5, 5.41) is 3.32. The average Bonchev–Trinajstić information content (AvgIpc) is 3.45. The smallest absolute Gasteiger partial charge is 0.259 e. The van der Waals surface area contributed by atoms with Gasteiger partial charge in [-0.15, -0.1) is 0 Å². The highest BCUT2D eigenvalue weighted by Gasteiger charge is 2.25. The summed E-state index contributed by atoms with van der Waals surface area (Å²) in [6.45, 7) is 3.01. The molecule has 0 atom stereocenters. The molecule has 2 aliphatic heterocycles. The summed E-state index contributed by atoms with van der Waals surface area (Å²) >= 11 is 0. The van der Waals surface area contributed by atoms with Gasteiger partial charge in [-0.25, -0.2) is 4.98 Å². The summed E-state index contributed by atoms with van der Waals surface area (Å²) < 4.78 is 0. The molecule has 5 nitrogen and oxygen atoms in total. The molecule has 29 heavy (non-hydrogen) atoms. The predicted octanol–water partition coefficient (Wildman–Crippen LogP) is 4.63. The Morgan fingerprint density at radius 3 is 2.45 bits per heavy atom. The highest BCUT2D eigenvalue weighted by atomic mass is 16.2. The summed E-state index contributed by atoms with van der Waals surface area (Å²) in [4.78, 5) is 21.6. The molecule has 5 rings (SSSR count). The number of nitrogens with one attached hydrogen (secondary N) is 1. The van der Waals surface area contributed by atoms with Crippen molar-refractivity contribution in [3.63, 3.8) is 0 Å². The van der Waals surface area contributed by atoms with Crippen LogP contribution in [0.5, 0.6) is 0 Å². The van der Waals surface area contributed by atoms with Crippen LogP contribution in [0.1, 0.15) is 28.8 Å². The van der Waals surface area contributed by atoms with Gasteiger partial charge in [-0.3, -0.25) is 4.79 Å². The number of carbonyl (C=O) groups excluding carboxylic acids is 1. The van der Waals surface area contributed by atoms with Crippen LogP contribution in [0.3, 0.4) is 0 Å². The Kier molecular flexibility index (Phi) is 4.64. The van der Waals surface area contributed by atoms with Crippen molar-refractivity contribution < 1.29 is 4.79 Å². The third-order valence-corrected chi connectivity index (χ3v) is 5.75. The molecule has 5 heteroatoms. The standard InChI is InChI=1S/C24H24N4O/c29-24(28-16-13-18-5-1-2-6-22(18)28)19-7-12-23(25-17-19)26-20-8-10-21(11-9-20)27-14-3-4-15-27/h1-2,5-12,17H,3-4,13-16H2,(H,25,26). The molecule has 2 aromatic carbocycles. The number of rotatable bonds is 4. The van der Waals surface area contributed by atoms with Crippen molar-refractivity contribution in [1.82, 2.24) is 4.98 Å². The van der Waals surface area contributed by atoms with Gasteiger partial charge < -0.3 is 15.1 Å². The highest BCUT2D eigenvalue weighted by Crippen LogP contribution is 2.29. The highest BCUT2D eigenvalue weighted by molar-refractivity contribution is 6.07. The summed E-state index contributed by atoms with van der Waals surface area (Å²) in [7, 11) is 0. The minimum atomic E-state index is 0.00367. The van der Waals surface area contributed by atoms with E-state index in [9.17, 15) is 4.79 Å². The number of fused-ring (bicyclic) bond motifs is 1. The lowest BCUT2D eigenvalue weighted by atomic mass is 10.2. The summed E-state index contributed by atoms with van der Waals surface area (Å²) in [6, 6.07) is 20.3. The lowest BCUT2D eigenvalue weighted by molar-refractivity contribution is 0.0989. The molecule has 1 saturated heterocycles. The van der Waals surface area contributed by atoms with Crippen molar-refractivity contribution in [3.05, 3.63) is 78.0 Å². The third-order valence-electron chi connectivity index (χ3n) is 5.75. The summed E-state index contributed by atoms with van der Waals surface area (Å²) in [6.07, 6.45) is 5.11. The molecular formula is C24H24N4O. The Morgan fingerprint density at radius 2 is 1.69 bits per heavy atom. The van der Waals surface area contributed by atoms with Crippen molar-refractivity contribution in [1.29, 1.82) is 0 Å². The number of hydrogen-bond acceptors (Lipinski definition) is 4. The van der Waals surface area contributed by atoms with E-state index in [-0.39, 0.29) is 5.91 Å². The monoisotopic (exact) mass is 384 g/mol. The topological polar surface area (TPSA) is 48.5 Å². The van der Waals surface area contributed by atoms with Crippen LogP contribution in [0.25, 0.3) is 0 Å². The largest absolute Gasteiger partial charge is 0.372 e. The van der Waals surface area contributed by atoms with Crippen LogP contribution in [-0.4, -0.2) is 30.5 Å². The molecule has 0 spiro atoms. The van der Waals surface area contributed by atoms with Gasteiger partial charge in [-0.2, -0.15) is 0 Å². The second-order valence-corrected chi connectivity index (χ2v) is 7.63. The molecule has 0 aliphatic carbocycles. The Hall–Kier alpha value is -3.34. The fraction of sp³-hybridized carbons (Fsp3) is 0.250. The van der Waals surface area contributed by atoms with Crippen LogP contribution in [-0.2, 0) is 6.42 Å². The number of para-hydroxylation sites is 1. The first-order valence-corrected chi connectivity index (χ1v) is 10.3. The second kappa shape index (κ2) is 7.59. The summed E-state index contributed by atoms with van der Waals surface area (Å²) in [5.74, 6) is 0.737. The van der Waals surface area contributed by atoms with Gasteiger partial charge >= 0.3 is 0 Å². The zero-order valence-corrected chi connectivity index (χ0v) is 16.3. The van der Waals surface area contributed by atoms with Crippen molar-refractivity contribution in [2.75, 3.05) is 34.8 Å². The molecule has 1 N–H and O–H groups in total. The van der Waals surface area contributed by atoms with E-state index < -0.39 is 0 Å². The predicted molar refractivity (Wildman–Crippen MR) is 117 cm³/mol. The average molecular weight is 384 g/mol. The van der Waals surface area contributed by atoms with E-state index in [4.69, 9.17) is 0 Å². The van der Waals surface area contributed by atoms with Gasteiger partial charge in [0.2, 0.25) is 0 Å². The number of hydrogen-bond donors (Lipinski definition) is 1. The number of aromatic nitrogens is 1. The number of pyridine rings is 1. The number of carbonyl (C=O) groups is 1. The van der Waals surface area contributed by atoms with E-state index in [2.05, 4.69) is 45.5 Å². The molecule has 0 unspecified atom stereocenters. The van der Waals surface area contributed by atoms with Crippen LogP contribution < -0.4 is 15.1 Å². The van der Waals surface area contributed by atoms with Crippen LogP contribution in [0.4, 0.5) is 22.9 Å². The molecular weight excluding hydrogens is 360 g/mol. The maximum Gasteiger partial charge on any atom is 0.259 e. The van der Waals surface area contributed by atoms with Gasteiger partial charge in [-0.1, -0.05) is 18.2 Å². The zero-order valence-electron chi connectivity index (χ0n) is 16.3. The SMILES string of the molecule is O=C(c1ccc(Nc2ccc(N3CCCC3)cc2)nc1)N1CCc2ccccc21. The van der Waals surface area contributed by atoms with E-state index in [1.54, 1.807) is 6.20 Å². The van der Waals surface area contributed by atoms with E-state index in [1.165, 1.54) is 24.1 Å². The first kappa shape index (κ1) is 17.7. The maximum atomic E-state index is 12.9. The Morgan fingerprint density at radius 1 is 0.897 bits per heavy atom. The van der Waals surface area contributed by atoms with Crippen LogP contribution in [0.15, 0.2) is 66.9 Å². The van der Waals surface area contributed by atoms with Gasteiger partial charge in [0, 0.05) is 42.9 Å². The molecule has 1 fully saturated rings. The second-order valence-electron chi connectivity index (χ2n) is 7.63. The van der Waals surface area contributed by atoms with Crippen molar-refractivity contribution in [2.45, 2.75) is 19.3 Å². The molecule has 1 amide bonds. The van der Waals surface area contributed by atoms with Crippen LogP contribution in [0, 0.1) is 0 Å². The summed E-state index contributed by atoms with van der Waals surface area (Å²) in [5.41, 5.74) is 5.11. The first-order chi connectivity index (χ1) is 14.3. The molecule has 3 heterocycles. The van der Waals surface area contributed by atoms with Gasteiger partial charge in [-0.05, 0) is 67.3 Å². The van der Waals surface area contributed by atoms with Gasteiger partial charge in [0.25, 0.3) is 5.91 Å². The van der Waals surface area contributed by atoms with E-state index >= 15 is 0 Å². The van der Waals surface area contributed by atoms with Gasteiger partial charge in [0.1, 0.15) is 5.82 Å². The number of anilines is 4. The van der Waals surface area contributed by atoms with E-state index in [0.29, 0.717) is 5.56 Å². The fourth-order valence-corrected chi connectivity index (χ4v) is 4.18. The molecule has 1 aromatic heterocycles. The number of nitrogens with zero attached hydrogens (tertiary/aromatic N) is 3. The minimum absolute atomic E-state index is 0.00367. The first-order valence-electron chi connectivity index (χ1n) is 10.3. The number of benzene rings is 2. The van der Waals surface area contributed by atoms with E-state index in [0.717, 1.165) is 43.2 Å². The molecule has 0 saturated carbocycles. The van der Waals surface area contributed by atoms with Crippen molar-refractivity contribution in [2.24, 2.45) is 0 Å².